The molecule has 0 aliphatic heterocycles. The first-order chi connectivity index (χ1) is 16.9. The molecule has 0 bridgehead atoms. The number of nitrogens with one attached hydrogen (secondary N) is 2. The van der Waals surface area contributed by atoms with Crippen LogP contribution in [0.5, 0.6) is 0 Å². The molecule has 2 unspecified atom stereocenters. The number of ether oxygens (including phenoxy) is 2. The van der Waals surface area contributed by atoms with Crippen molar-refractivity contribution in [3.05, 3.63) is 35.4 Å². The first-order valence-electron chi connectivity index (χ1n) is 12.3. The topological polar surface area (TPSA) is 114 Å². The van der Waals surface area contributed by atoms with Crippen molar-refractivity contribution in [3.8, 4) is 0 Å². The molecule has 0 heterocycles. The molecule has 202 valence electrons. The number of carbonyl (C=O) groups is 4. The maximum absolute atomic E-state index is 13.7. The van der Waals surface area contributed by atoms with Crippen LogP contribution in [0, 0.1) is 6.92 Å². The van der Waals surface area contributed by atoms with Crippen molar-refractivity contribution in [2.75, 3.05) is 25.4 Å². The van der Waals surface area contributed by atoms with Gasteiger partial charge in [-0.3, -0.25) is 14.4 Å². The van der Waals surface area contributed by atoms with Crippen LogP contribution in [0.1, 0.15) is 71.0 Å². The van der Waals surface area contributed by atoms with E-state index in [1.165, 1.54) is 4.90 Å². The van der Waals surface area contributed by atoms with Crippen molar-refractivity contribution < 1.29 is 28.7 Å². The molecule has 2 N–H and O–H groups in total. The summed E-state index contributed by atoms with van der Waals surface area (Å²) in [6.07, 6.45) is 0.717. The van der Waals surface area contributed by atoms with Crippen molar-refractivity contribution in [1.82, 2.24) is 15.5 Å². The quantitative estimate of drug-likeness (QED) is 0.269. The van der Waals surface area contributed by atoms with Gasteiger partial charge in [0, 0.05) is 18.8 Å². The molecule has 0 saturated heterocycles. The average molecular weight is 524 g/mol. The van der Waals surface area contributed by atoms with Gasteiger partial charge in [-0.2, -0.15) is 12.6 Å². The second kappa shape index (κ2) is 15.4. The third-order valence-electron chi connectivity index (χ3n) is 5.09. The van der Waals surface area contributed by atoms with Gasteiger partial charge in [-0.05, 0) is 46.6 Å². The van der Waals surface area contributed by atoms with Gasteiger partial charge in [0.15, 0.2) is 0 Å². The number of thiol groups is 1. The van der Waals surface area contributed by atoms with Gasteiger partial charge in [0.1, 0.15) is 17.7 Å². The van der Waals surface area contributed by atoms with Crippen LogP contribution >= 0.6 is 12.6 Å². The minimum atomic E-state index is -1.000. The lowest BCUT2D eigenvalue weighted by Gasteiger charge is -2.34. The zero-order valence-corrected chi connectivity index (χ0v) is 23.2. The number of nitrogens with zero attached hydrogens (tertiary/aromatic N) is 1. The van der Waals surface area contributed by atoms with E-state index in [1.807, 2.05) is 26.0 Å². The fraction of sp³-hybridized carbons (Fsp3) is 0.615. The van der Waals surface area contributed by atoms with Crippen molar-refractivity contribution in [2.24, 2.45) is 0 Å². The summed E-state index contributed by atoms with van der Waals surface area (Å²) < 4.78 is 10.2. The van der Waals surface area contributed by atoms with Gasteiger partial charge in [-0.15, -0.1) is 0 Å². The van der Waals surface area contributed by atoms with E-state index >= 15 is 0 Å². The lowest BCUT2D eigenvalue weighted by atomic mass is 10.0. The fourth-order valence-corrected chi connectivity index (χ4v) is 3.62. The van der Waals surface area contributed by atoms with Gasteiger partial charge in [0.2, 0.25) is 11.8 Å². The third-order valence-corrected chi connectivity index (χ3v) is 5.46. The summed E-state index contributed by atoms with van der Waals surface area (Å²) in [7, 11) is 0. The van der Waals surface area contributed by atoms with Gasteiger partial charge >= 0.3 is 12.1 Å². The van der Waals surface area contributed by atoms with Crippen molar-refractivity contribution >= 4 is 36.5 Å². The first-order valence-corrected chi connectivity index (χ1v) is 13.0. The highest BCUT2D eigenvalue weighted by atomic mass is 32.1. The molecule has 1 aromatic rings. The molecular weight excluding hydrogens is 482 g/mol. The zero-order chi connectivity index (χ0) is 27.3. The minimum absolute atomic E-state index is 0.0164. The van der Waals surface area contributed by atoms with Gasteiger partial charge < -0.3 is 25.0 Å². The molecule has 36 heavy (non-hydrogen) atoms. The van der Waals surface area contributed by atoms with Crippen LogP contribution in [0.4, 0.5) is 4.79 Å². The molecule has 0 saturated carbocycles. The van der Waals surface area contributed by atoms with Crippen LogP contribution in [-0.4, -0.2) is 65.9 Å². The standard InChI is InChI=1S/C26H41N3O6S/c1-7-9-16-29(24(32)20(17-36)28-25(33)35-26(4,5)6)22(19-12-10-18(3)11-13-19)23(31)27-15-14-21(30)34-8-2/h10-13,20,22,36H,7-9,14-17H2,1-6H3,(H,27,31)(H,28,33). The molecule has 0 aromatic heterocycles. The van der Waals surface area contributed by atoms with Crippen LogP contribution in [0.15, 0.2) is 24.3 Å². The second-order valence-corrected chi connectivity index (χ2v) is 9.79. The fourth-order valence-electron chi connectivity index (χ4n) is 3.37. The molecule has 1 rings (SSSR count). The van der Waals surface area contributed by atoms with E-state index in [1.54, 1.807) is 39.8 Å². The summed E-state index contributed by atoms with van der Waals surface area (Å²) in [5.74, 6) is -1.27. The number of alkyl carbamates (subject to hydrolysis) is 1. The highest BCUT2D eigenvalue weighted by molar-refractivity contribution is 7.80. The maximum atomic E-state index is 13.7. The molecular formula is C26H41N3O6S. The minimum Gasteiger partial charge on any atom is -0.466 e. The Kier molecular flexibility index (Phi) is 13.4. The van der Waals surface area contributed by atoms with Gasteiger partial charge in [0.25, 0.3) is 0 Å². The number of esters is 1. The predicted octanol–water partition coefficient (Wildman–Crippen LogP) is 3.56. The Morgan fingerprint density at radius 3 is 2.25 bits per heavy atom. The Bertz CT molecular complexity index is 869. The van der Waals surface area contributed by atoms with Crippen LogP contribution in [0.3, 0.4) is 0 Å². The summed E-state index contributed by atoms with van der Waals surface area (Å²) in [6, 6.07) is 5.37. The summed E-state index contributed by atoms with van der Waals surface area (Å²) in [5, 5.41) is 5.35. The highest BCUT2D eigenvalue weighted by Gasteiger charge is 2.35. The van der Waals surface area contributed by atoms with E-state index in [2.05, 4.69) is 23.3 Å². The number of hydrogen-bond donors (Lipinski definition) is 3. The molecule has 9 nitrogen and oxygen atoms in total. The number of aryl methyl sites for hydroxylation is 1. The molecule has 0 aliphatic rings. The zero-order valence-electron chi connectivity index (χ0n) is 22.3. The molecule has 0 radical (unpaired) electrons. The summed E-state index contributed by atoms with van der Waals surface area (Å²) in [5.41, 5.74) is 0.889. The molecule has 3 amide bonds. The second-order valence-electron chi connectivity index (χ2n) is 9.43. The number of benzene rings is 1. The average Bonchev–Trinajstić information content (AvgIpc) is 2.79. The summed E-state index contributed by atoms with van der Waals surface area (Å²) in [6.45, 7) is 11.4. The lowest BCUT2D eigenvalue weighted by molar-refractivity contribution is -0.144. The van der Waals surface area contributed by atoms with Crippen LogP contribution in [-0.2, 0) is 23.9 Å². The Morgan fingerprint density at radius 1 is 1.08 bits per heavy atom. The normalized spacial score (nSPS) is 12.8. The van der Waals surface area contributed by atoms with Crippen LogP contribution < -0.4 is 10.6 Å². The number of hydrogen-bond acceptors (Lipinski definition) is 7. The van der Waals surface area contributed by atoms with Gasteiger partial charge in [0.05, 0.1) is 13.0 Å². The maximum Gasteiger partial charge on any atom is 0.408 e. The smallest absolute Gasteiger partial charge is 0.408 e. The number of carbonyl (C=O) groups excluding carboxylic acids is 4. The van der Waals surface area contributed by atoms with E-state index in [0.717, 1.165) is 12.0 Å². The summed E-state index contributed by atoms with van der Waals surface area (Å²) in [4.78, 5) is 52.7. The number of rotatable bonds is 13. The Morgan fingerprint density at radius 2 is 1.72 bits per heavy atom. The first kappa shape index (κ1) is 31.3. The predicted molar refractivity (Wildman–Crippen MR) is 142 cm³/mol. The van der Waals surface area contributed by atoms with Crippen molar-refractivity contribution in [1.29, 1.82) is 0 Å². The SMILES string of the molecule is CCCCN(C(=O)C(CS)NC(=O)OC(C)(C)C)C(C(=O)NCCC(=O)OCC)c1ccc(C)cc1. The lowest BCUT2D eigenvalue weighted by Crippen LogP contribution is -2.54. The molecule has 0 aliphatic carbocycles. The van der Waals surface area contributed by atoms with Crippen LogP contribution in [0.25, 0.3) is 0 Å². The molecule has 0 spiro atoms. The monoisotopic (exact) mass is 523 g/mol. The Hall–Kier alpha value is -2.75. The highest BCUT2D eigenvalue weighted by Crippen LogP contribution is 2.24. The molecule has 10 heteroatoms. The molecule has 0 fully saturated rings. The van der Waals surface area contributed by atoms with E-state index in [9.17, 15) is 19.2 Å². The Labute approximate surface area is 220 Å². The largest absolute Gasteiger partial charge is 0.466 e. The van der Waals surface area contributed by atoms with E-state index in [-0.39, 0.29) is 25.3 Å². The van der Waals surface area contributed by atoms with E-state index < -0.39 is 41.6 Å². The van der Waals surface area contributed by atoms with Crippen LogP contribution in [0.2, 0.25) is 0 Å². The van der Waals surface area contributed by atoms with Gasteiger partial charge in [-0.25, -0.2) is 4.79 Å². The third kappa shape index (κ3) is 10.9. The van der Waals surface area contributed by atoms with Crippen molar-refractivity contribution in [2.45, 2.75) is 78.5 Å². The van der Waals surface area contributed by atoms with Gasteiger partial charge in [-0.1, -0.05) is 43.2 Å². The summed E-state index contributed by atoms with van der Waals surface area (Å²) >= 11 is 4.28. The number of amides is 3. The van der Waals surface area contributed by atoms with Crippen molar-refractivity contribution in [3.63, 3.8) is 0 Å². The number of unbranched alkanes of at least 4 members (excludes halogenated alkanes) is 1. The van der Waals surface area contributed by atoms with E-state index in [4.69, 9.17) is 9.47 Å². The molecule has 2 atom stereocenters. The Balaban J connectivity index is 3.26. The van der Waals surface area contributed by atoms with E-state index in [0.29, 0.717) is 18.5 Å². The molecule has 1 aromatic carbocycles.